The molecule has 2 aliphatic rings. The molecule has 0 saturated heterocycles. The quantitative estimate of drug-likeness (QED) is 0.195. The maximum Gasteiger partial charge on any atom is 0.504 e. The average molecular weight is 726 g/mol. The Kier molecular flexibility index (Phi) is 15.5. The van der Waals surface area contributed by atoms with Gasteiger partial charge in [-0.2, -0.15) is 0 Å². The van der Waals surface area contributed by atoms with Gasteiger partial charge in [-0.15, -0.1) is 21.0 Å². The van der Waals surface area contributed by atoms with Crippen molar-refractivity contribution in [2.45, 2.75) is 105 Å². The number of nitrogens with zero attached hydrogens (tertiary/aromatic N) is 6. The van der Waals surface area contributed by atoms with Crippen LogP contribution in [0.15, 0.2) is 72.7 Å². The first-order valence-electron chi connectivity index (χ1n) is 15.0. The number of pyridine rings is 2. The number of allylic oxidation sites excluding steroid dienone is 4. The molecule has 0 N–H and O–H groups in total. The molecule has 49 heavy (non-hydrogen) atoms. The molecule has 1 radical (unpaired) electrons. The molecule has 4 rings (SSSR count). The molecule has 0 atom stereocenters. The van der Waals surface area contributed by atoms with Crippen LogP contribution in [0.1, 0.15) is 94.2 Å². The van der Waals surface area contributed by atoms with Gasteiger partial charge in [-0.1, -0.05) is 13.8 Å². The van der Waals surface area contributed by atoms with E-state index >= 15 is 0 Å². The SMILES string of the molecule is CC(=O)/C=C(/C)[O-].CC(=O)/C=C(/C)[O-].CC1(C)[N+](=O)C(c2ccncc2)=[N+]([O-])C1(C)C.CC1(C)[N+](=O)C(c2ccncc2)=[N+]([O-])C1(C)C.[Co]. The molecule has 0 saturated carbocycles. The Bertz CT molecular complexity index is 1530. The maximum atomic E-state index is 12.3. The zero-order chi connectivity index (χ0) is 37.4. The van der Waals surface area contributed by atoms with E-state index in [2.05, 4.69) is 9.97 Å². The van der Waals surface area contributed by atoms with Crippen molar-refractivity contribution in [1.29, 1.82) is 0 Å². The molecule has 15 heteroatoms. The minimum atomic E-state index is -0.770. The van der Waals surface area contributed by atoms with Crippen molar-refractivity contribution in [3.05, 3.63) is 104 Å². The molecule has 2 aliphatic heterocycles. The number of hydrogen-bond donors (Lipinski definition) is 0. The van der Waals surface area contributed by atoms with Crippen molar-refractivity contribution < 1.29 is 55.6 Å². The van der Waals surface area contributed by atoms with Gasteiger partial charge in [-0.3, -0.25) is 19.6 Å². The van der Waals surface area contributed by atoms with Gasteiger partial charge < -0.3 is 20.6 Å². The normalized spacial score (nSPS) is 18.5. The molecule has 0 fully saturated rings. The number of carbonyl (C=O) groups excluding carboxylic acids is 2. The van der Waals surface area contributed by atoms with Crippen molar-refractivity contribution >= 4 is 23.2 Å². The third-order valence-electron chi connectivity index (χ3n) is 8.48. The Hall–Kier alpha value is -4.63. The van der Waals surface area contributed by atoms with Crippen LogP contribution in [0.3, 0.4) is 0 Å². The molecule has 0 aliphatic carbocycles. The Morgan fingerprint density at radius 1 is 0.571 bits per heavy atom. The second kappa shape index (κ2) is 17.2. The van der Waals surface area contributed by atoms with Gasteiger partial charge in [0.05, 0.1) is 0 Å². The number of aromatic nitrogens is 2. The molecule has 2 aromatic heterocycles. The monoisotopic (exact) mass is 725 g/mol. The van der Waals surface area contributed by atoms with Crippen LogP contribution in [-0.4, -0.2) is 74.4 Å². The maximum absolute atomic E-state index is 12.3. The summed E-state index contributed by atoms with van der Waals surface area (Å²) >= 11 is 0. The molecule has 0 spiro atoms. The average Bonchev–Trinajstić information content (AvgIpc) is 3.16. The van der Waals surface area contributed by atoms with Crippen LogP contribution in [0, 0.1) is 20.2 Å². The molecule has 269 valence electrons. The summed E-state index contributed by atoms with van der Waals surface area (Å²) < 4.78 is 3.20. The minimum Gasteiger partial charge on any atom is -0.876 e. The molecule has 0 unspecified atom stereocenters. The van der Waals surface area contributed by atoms with Crippen molar-refractivity contribution in [3.8, 4) is 0 Å². The molecular weight excluding hydrogens is 679 g/mol. The largest absolute Gasteiger partial charge is 0.876 e. The number of carbonyl (C=O) groups is 2. The van der Waals surface area contributed by atoms with E-state index in [9.17, 15) is 40.0 Å². The van der Waals surface area contributed by atoms with E-state index in [1.165, 1.54) is 27.7 Å². The molecular formula is C34H46CoN6O8. The predicted octanol–water partition coefficient (Wildman–Crippen LogP) is 3.05. The third-order valence-corrected chi connectivity index (χ3v) is 8.48. The number of amidine groups is 2. The van der Waals surface area contributed by atoms with Gasteiger partial charge in [-0.05, 0) is 50.3 Å². The van der Waals surface area contributed by atoms with E-state index in [0.717, 1.165) is 31.1 Å². The fourth-order valence-corrected chi connectivity index (χ4v) is 4.26. The standard InChI is InChI=1S/2C12H16N3O2.2C5H8O2.Co/c2*1-11(2)12(3,4)15(17)10(14(11)16)9-5-7-13-8-6-9;2*1-4(6)3-5(2)7;/h2*5-8H,1-4H3;2*3,6H,1-2H3;/q2*+1;;;/p-2/b;;2*4-3-;. The second-order valence-electron chi connectivity index (χ2n) is 13.3. The fourth-order valence-electron chi connectivity index (χ4n) is 4.26. The molecule has 2 aromatic rings. The summed E-state index contributed by atoms with van der Waals surface area (Å²) in [5.41, 5.74) is -1.88. The fraction of sp³-hybridized carbons (Fsp3) is 0.471. The van der Waals surface area contributed by atoms with Crippen molar-refractivity contribution in [2.24, 2.45) is 0 Å². The first kappa shape index (κ1) is 44.4. The number of nitroso groups, excluding NO2 is 2. The van der Waals surface area contributed by atoms with Gasteiger partial charge in [-0.25, -0.2) is 0 Å². The second-order valence-corrected chi connectivity index (χ2v) is 13.3. The summed E-state index contributed by atoms with van der Waals surface area (Å²) in [7, 11) is 0. The number of rotatable bonds is 4. The van der Waals surface area contributed by atoms with Crippen LogP contribution < -0.4 is 10.2 Å². The van der Waals surface area contributed by atoms with Crippen molar-refractivity contribution in [3.63, 3.8) is 0 Å². The Labute approximate surface area is 297 Å². The number of ketones is 2. The van der Waals surface area contributed by atoms with Crippen LogP contribution in [0.25, 0.3) is 0 Å². The smallest absolute Gasteiger partial charge is 0.504 e. The summed E-state index contributed by atoms with van der Waals surface area (Å²) in [6.07, 6.45) is 8.40. The zero-order valence-corrected chi connectivity index (χ0v) is 31.1. The third kappa shape index (κ3) is 10.2. The molecule has 0 aromatic carbocycles. The molecule has 14 nitrogen and oxygen atoms in total. The van der Waals surface area contributed by atoms with Gasteiger partial charge in [0.1, 0.15) is 20.6 Å². The van der Waals surface area contributed by atoms with Crippen LogP contribution in [-0.2, 0) is 26.4 Å². The van der Waals surface area contributed by atoms with Crippen LogP contribution in [0.2, 0.25) is 0 Å². The Morgan fingerprint density at radius 3 is 0.959 bits per heavy atom. The first-order valence-corrected chi connectivity index (χ1v) is 15.0. The zero-order valence-electron chi connectivity index (χ0n) is 30.1. The predicted molar refractivity (Wildman–Crippen MR) is 176 cm³/mol. The van der Waals surface area contributed by atoms with Gasteiger partial charge in [0, 0.05) is 107 Å². The van der Waals surface area contributed by atoms with Crippen LogP contribution in [0.5, 0.6) is 0 Å². The topological polar surface area (TPSA) is 198 Å². The van der Waals surface area contributed by atoms with Crippen molar-refractivity contribution in [1.82, 2.24) is 9.97 Å². The Morgan fingerprint density at radius 2 is 0.816 bits per heavy atom. The van der Waals surface area contributed by atoms with E-state index in [-0.39, 0.29) is 51.5 Å². The minimum absolute atomic E-state index is 0. The summed E-state index contributed by atoms with van der Waals surface area (Å²) in [4.78, 5) is 52.3. The van der Waals surface area contributed by atoms with Crippen LogP contribution >= 0.6 is 0 Å². The molecule has 0 bridgehead atoms. The first-order chi connectivity index (χ1) is 21.8. The van der Waals surface area contributed by atoms with Gasteiger partial charge in [0.15, 0.2) is 11.6 Å². The van der Waals surface area contributed by atoms with E-state index < -0.39 is 22.2 Å². The molecule has 0 amide bonds. The van der Waals surface area contributed by atoms with E-state index in [1.54, 1.807) is 104 Å². The Balaban J connectivity index is 0.000000677. The van der Waals surface area contributed by atoms with E-state index in [1.807, 2.05) is 0 Å². The summed E-state index contributed by atoms with van der Waals surface area (Å²) in [6.45, 7) is 19.6. The number of hydrogen-bond acceptors (Lipinski definition) is 10. The number of hydroxylamine groups is 2. The molecule has 4 heterocycles. The summed E-state index contributed by atoms with van der Waals surface area (Å²) in [5.74, 6) is -0.440. The van der Waals surface area contributed by atoms with E-state index in [0.29, 0.717) is 11.1 Å². The van der Waals surface area contributed by atoms with Gasteiger partial charge in [0.25, 0.3) is 11.1 Å². The summed E-state index contributed by atoms with van der Waals surface area (Å²) in [6, 6.07) is 6.68. The van der Waals surface area contributed by atoms with E-state index in [4.69, 9.17) is 0 Å². The summed E-state index contributed by atoms with van der Waals surface area (Å²) in [5, 5.41) is 44.5. The van der Waals surface area contributed by atoms with Gasteiger partial charge >= 0.3 is 11.7 Å². The van der Waals surface area contributed by atoms with Crippen molar-refractivity contribution in [2.75, 3.05) is 0 Å². The van der Waals surface area contributed by atoms with Crippen LogP contribution in [0.4, 0.5) is 0 Å². The van der Waals surface area contributed by atoms with Gasteiger partial charge in [0.2, 0.25) is 11.1 Å².